The fraction of sp³-hybridized carbons (Fsp3) is 0.217. The lowest BCUT2D eigenvalue weighted by Gasteiger charge is -2.16. The van der Waals surface area contributed by atoms with Gasteiger partial charge in [0.2, 0.25) is 0 Å². The molecule has 0 spiro atoms. The molecule has 1 N–H and O–H groups in total. The Balaban J connectivity index is 1.92. The van der Waals surface area contributed by atoms with E-state index in [1.165, 1.54) is 38.3 Å². The summed E-state index contributed by atoms with van der Waals surface area (Å²) >= 11 is 6.16. The zero-order valence-corrected chi connectivity index (χ0v) is 18.5. The van der Waals surface area contributed by atoms with Crippen molar-refractivity contribution in [2.75, 3.05) is 20.3 Å². The first-order chi connectivity index (χ1) is 15.7. The summed E-state index contributed by atoms with van der Waals surface area (Å²) < 4.78 is 52.9. The Morgan fingerprint density at radius 2 is 1.85 bits per heavy atom. The van der Waals surface area contributed by atoms with E-state index in [0.717, 1.165) is 16.7 Å². The first kappa shape index (κ1) is 24.3. The summed E-state index contributed by atoms with van der Waals surface area (Å²) in [5.74, 6) is -2.80. The molecule has 33 heavy (non-hydrogen) atoms. The number of halogens is 4. The smallest absolute Gasteiger partial charge is 0.277 e. The second-order valence-corrected chi connectivity index (χ2v) is 7.42. The molecule has 1 amide bonds. The largest absolute Gasteiger partial charge is 0.487 e. The molecule has 1 heterocycles. The van der Waals surface area contributed by atoms with E-state index in [0.29, 0.717) is 12.7 Å². The van der Waals surface area contributed by atoms with E-state index in [9.17, 15) is 22.8 Å². The van der Waals surface area contributed by atoms with Crippen molar-refractivity contribution < 1.29 is 27.4 Å². The number of methoxy groups -OCH3 is 1. The normalized spacial score (nSPS) is 10.8. The Bertz CT molecular complexity index is 1250. The zero-order chi connectivity index (χ0) is 24.1. The summed E-state index contributed by atoms with van der Waals surface area (Å²) in [7, 11) is 1.49. The first-order valence-electron chi connectivity index (χ1n) is 9.79. The van der Waals surface area contributed by atoms with E-state index in [1.54, 1.807) is 0 Å². The van der Waals surface area contributed by atoms with Crippen molar-refractivity contribution in [3.63, 3.8) is 0 Å². The van der Waals surface area contributed by atoms with Gasteiger partial charge >= 0.3 is 0 Å². The van der Waals surface area contributed by atoms with Crippen molar-refractivity contribution in [3.8, 4) is 11.4 Å². The SMILES string of the molecule is COCCNC(=O)c1ccc(F)c(-n2c(C)cc(OCc3ccc(F)cc3F)c(Cl)c2=O)c1. The molecule has 0 bridgehead atoms. The van der Waals surface area contributed by atoms with E-state index in [2.05, 4.69) is 5.32 Å². The summed E-state index contributed by atoms with van der Waals surface area (Å²) in [5, 5.41) is 2.25. The van der Waals surface area contributed by atoms with Crippen LogP contribution in [0.1, 0.15) is 21.6 Å². The fourth-order valence-corrected chi connectivity index (χ4v) is 3.27. The van der Waals surface area contributed by atoms with E-state index < -0.39 is 28.9 Å². The number of nitrogens with zero attached hydrogens (tertiary/aromatic N) is 1. The van der Waals surface area contributed by atoms with Crippen LogP contribution in [0.4, 0.5) is 13.2 Å². The van der Waals surface area contributed by atoms with Gasteiger partial charge < -0.3 is 14.8 Å². The van der Waals surface area contributed by atoms with Gasteiger partial charge in [0.15, 0.2) is 0 Å². The van der Waals surface area contributed by atoms with Crippen molar-refractivity contribution in [1.29, 1.82) is 0 Å². The number of rotatable bonds is 8. The molecule has 0 unspecified atom stereocenters. The lowest BCUT2D eigenvalue weighted by Crippen LogP contribution is -2.28. The molecular weight excluding hydrogens is 461 g/mol. The second-order valence-electron chi connectivity index (χ2n) is 7.04. The predicted octanol–water partition coefficient (Wildman–Crippen LogP) is 4.17. The monoisotopic (exact) mass is 480 g/mol. The molecule has 0 aliphatic carbocycles. The van der Waals surface area contributed by atoms with Crippen LogP contribution in [0.15, 0.2) is 47.3 Å². The van der Waals surface area contributed by atoms with E-state index in [1.807, 2.05) is 0 Å². The van der Waals surface area contributed by atoms with Crippen LogP contribution < -0.4 is 15.6 Å². The molecule has 0 saturated carbocycles. The van der Waals surface area contributed by atoms with Gasteiger partial charge in [0, 0.05) is 42.6 Å². The highest BCUT2D eigenvalue weighted by atomic mass is 35.5. The fourth-order valence-electron chi connectivity index (χ4n) is 3.07. The van der Waals surface area contributed by atoms with E-state index in [4.69, 9.17) is 21.1 Å². The van der Waals surface area contributed by atoms with Gasteiger partial charge in [0.25, 0.3) is 11.5 Å². The van der Waals surface area contributed by atoms with Crippen LogP contribution in [0.2, 0.25) is 5.02 Å². The highest BCUT2D eigenvalue weighted by Crippen LogP contribution is 2.26. The Kier molecular flexibility index (Phi) is 7.78. The second kappa shape index (κ2) is 10.5. The Hall–Kier alpha value is -3.30. The third-order valence-electron chi connectivity index (χ3n) is 4.74. The molecule has 2 aromatic carbocycles. The molecule has 0 radical (unpaired) electrons. The number of hydrogen-bond donors (Lipinski definition) is 1. The van der Waals surface area contributed by atoms with Crippen LogP contribution in [0.25, 0.3) is 5.69 Å². The Labute approximate surface area is 192 Å². The number of pyridine rings is 1. The number of aryl methyl sites for hydroxylation is 1. The molecule has 10 heteroatoms. The maximum Gasteiger partial charge on any atom is 0.277 e. The molecular formula is C23H20ClF3N2O4. The van der Waals surface area contributed by atoms with Gasteiger partial charge in [-0.25, -0.2) is 13.2 Å². The standard InChI is InChI=1S/C23H20ClF3N2O4/c1-13-9-20(33-12-15-3-5-16(25)11-18(15)27)21(24)23(31)29(13)19-10-14(4-6-17(19)26)22(30)28-7-8-32-2/h3-6,9-11H,7-8,12H2,1-2H3,(H,28,30). The third kappa shape index (κ3) is 5.55. The lowest BCUT2D eigenvalue weighted by atomic mass is 10.1. The first-order valence-corrected chi connectivity index (χ1v) is 10.2. The molecule has 3 rings (SSSR count). The maximum atomic E-state index is 14.6. The summed E-state index contributed by atoms with van der Waals surface area (Å²) in [6.07, 6.45) is 0. The van der Waals surface area contributed by atoms with Crippen LogP contribution in [-0.2, 0) is 11.3 Å². The predicted molar refractivity (Wildman–Crippen MR) is 117 cm³/mol. The molecule has 0 saturated heterocycles. The summed E-state index contributed by atoms with van der Waals surface area (Å²) in [6.45, 7) is 1.78. The number of carbonyl (C=O) groups is 1. The van der Waals surface area contributed by atoms with Gasteiger partial charge in [-0.3, -0.25) is 14.2 Å². The molecule has 3 aromatic rings. The number of nitrogens with one attached hydrogen (secondary N) is 1. The number of ether oxygens (including phenoxy) is 2. The van der Waals surface area contributed by atoms with Gasteiger partial charge in [-0.2, -0.15) is 0 Å². The molecule has 1 aromatic heterocycles. The average molecular weight is 481 g/mol. The number of amides is 1. The molecule has 174 valence electrons. The molecule has 0 fully saturated rings. The topological polar surface area (TPSA) is 69.6 Å². The Morgan fingerprint density at radius 3 is 2.55 bits per heavy atom. The average Bonchev–Trinajstić information content (AvgIpc) is 2.77. The van der Waals surface area contributed by atoms with Gasteiger partial charge in [0.05, 0.1) is 12.3 Å². The minimum Gasteiger partial charge on any atom is -0.487 e. The van der Waals surface area contributed by atoms with Crippen LogP contribution in [0, 0.1) is 24.4 Å². The molecule has 6 nitrogen and oxygen atoms in total. The maximum absolute atomic E-state index is 14.6. The summed E-state index contributed by atoms with van der Waals surface area (Å²) in [4.78, 5) is 25.2. The van der Waals surface area contributed by atoms with E-state index >= 15 is 0 Å². The summed E-state index contributed by atoms with van der Waals surface area (Å²) in [6, 6.07) is 7.98. The van der Waals surface area contributed by atoms with Crippen LogP contribution in [0.3, 0.4) is 0 Å². The summed E-state index contributed by atoms with van der Waals surface area (Å²) in [5.41, 5.74) is -0.503. The lowest BCUT2D eigenvalue weighted by molar-refractivity contribution is 0.0937. The van der Waals surface area contributed by atoms with Crippen molar-refractivity contribution in [1.82, 2.24) is 9.88 Å². The highest BCUT2D eigenvalue weighted by Gasteiger charge is 2.18. The number of carbonyl (C=O) groups excluding carboxylic acids is 1. The van der Waals surface area contributed by atoms with Crippen molar-refractivity contribution in [3.05, 3.63) is 92.1 Å². The Morgan fingerprint density at radius 1 is 1.09 bits per heavy atom. The van der Waals surface area contributed by atoms with E-state index in [-0.39, 0.29) is 46.4 Å². The van der Waals surface area contributed by atoms with Gasteiger partial charge in [-0.05, 0) is 37.3 Å². The number of benzene rings is 2. The van der Waals surface area contributed by atoms with Crippen LogP contribution >= 0.6 is 11.6 Å². The van der Waals surface area contributed by atoms with Crippen LogP contribution in [0.5, 0.6) is 5.75 Å². The van der Waals surface area contributed by atoms with Crippen molar-refractivity contribution >= 4 is 17.5 Å². The number of aromatic nitrogens is 1. The third-order valence-corrected chi connectivity index (χ3v) is 5.09. The quantitative estimate of drug-likeness (QED) is 0.491. The highest BCUT2D eigenvalue weighted by molar-refractivity contribution is 6.31. The molecule has 0 atom stereocenters. The van der Waals surface area contributed by atoms with Gasteiger partial charge in [-0.15, -0.1) is 0 Å². The minimum atomic E-state index is -0.807. The molecule has 0 aliphatic rings. The minimum absolute atomic E-state index is 0.0481. The van der Waals surface area contributed by atoms with Gasteiger partial charge in [0.1, 0.15) is 34.8 Å². The number of hydrogen-bond acceptors (Lipinski definition) is 4. The van der Waals surface area contributed by atoms with Crippen molar-refractivity contribution in [2.24, 2.45) is 0 Å². The van der Waals surface area contributed by atoms with Crippen LogP contribution in [-0.4, -0.2) is 30.7 Å². The van der Waals surface area contributed by atoms with Crippen molar-refractivity contribution in [2.45, 2.75) is 13.5 Å². The van der Waals surface area contributed by atoms with Gasteiger partial charge in [-0.1, -0.05) is 11.6 Å². The molecule has 0 aliphatic heterocycles. The zero-order valence-electron chi connectivity index (χ0n) is 17.8.